The zero-order valence-corrected chi connectivity index (χ0v) is 15.8. The summed E-state index contributed by atoms with van der Waals surface area (Å²) in [4.78, 5) is 4.43. The molecule has 0 aliphatic heterocycles. The lowest BCUT2D eigenvalue weighted by Gasteiger charge is -2.13. The zero-order valence-electron chi connectivity index (χ0n) is 15.1. The summed E-state index contributed by atoms with van der Waals surface area (Å²) in [6.45, 7) is 0.702. The summed E-state index contributed by atoms with van der Waals surface area (Å²) in [6, 6.07) is 13.6. The molecule has 0 spiro atoms. The third-order valence-corrected chi connectivity index (χ3v) is 4.13. The molecule has 0 saturated heterocycles. The van der Waals surface area contributed by atoms with Crippen LogP contribution in [0.3, 0.4) is 0 Å². The molecule has 3 rings (SSSR count). The second kappa shape index (κ2) is 9.05. The van der Waals surface area contributed by atoms with Crippen molar-refractivity contribution in [2.75, 3.05) is 31.4 Å². The van der Waals surface area contributed by atoms with Crippen LogP contribution >= 0.6 is 11.6 Å². The van der Waals surface area contributed by atoms with Crippen molar-refractivity contribution in [2.45, 2.75) is 6.42 Å². The van der Waals surface area contributed by atoms with E-state index in [0.717, 1.165) is 6.42 Å². The Morgan fingerprint density at radius 1 is 1.04 bits per heavy atom. The van der Waals surface area contributed by atoms with Gasteiger partial charge >= 0.3 is 0 Å². The summed E-state index contributed by atoms with van der Waals surface area (Å²) < 4.78 is 10.6. The van der Waals surface area contributed by atoms with Crippen LogP contribution in [0.25, 0.3) is 0 Å². The molecule has 2 N–H and O–H groups in total. The molecule has 8 heteroatoms. The molecule has 0 fully saturated rings. The van der Waals surface area contributed by atoms with Crippen molar-refractivity contribution in [1.29, 1.82) is 0 Å². The van der Waals surface area contributed by atoms with Crippen LogP contribution in [0, 0.1) is 0 Å². The number of aromatic nitrogens is 3. The van der Waals surface area contributed by atoms with Crippen LogP contribution in [-0.4, -0.2) is 35.9 Å². The number of rotatable bonds is 8. The van der Waals surface area contributed by atoms with Gasteiger partial charge in [-0.05, 0) is 12.0 Å². The maximum atomic E-state index is 6.14. The van der Waals surface area contributed by atoms with Crippen molar-refractivity contribution in [3.63, 3.8) is 0 Å². The third-order valence-electron chi connectivity index (χ3n) is 3.84. The number of hydrogen-bond donors (Lipinski definition) is 2. The number of ether oxygens (including phenoxy) is 2. The predicted molar refractivity (Wildman–Crippen MR) is 106 cm³/mol. The number of methoxy groups -OCH3 is 2. The summed E-state index contributed by atoms with van der Waals surface area (Å²) in [6.07, 6.45) is 2.40. The summed E-state index contributed by atoms with van der Waals surface area (Å²) >= 11 is 6.14. The number of halogens is 1. The molecule has 0 amide bonds. The number of hydrogen-bond acceptors (Lipinski definition) is 7. The molecule has 0 saturated carbocycles. The standard InChI is InChI=1S/C19H20ClN5O2/c1-26-16-11-15(17(27-2)10-14(16)20)23-18-12-22-25-19(24-18)21-9-8-13-6-4-3-5-7-13/h3-7,10-12H,8-9H2,1-2H3,(H2,21,23,24,25). The first-order valence-corrected chi connectivity index (χ1v) is 8.73. The molecule has 3 aromatic rings. The monoisotopic (exact) mass is 385 g/mol. The van der Waals surface area contributed by atoms with Crippen LogP contribution in [0.15, 0.2) is 48.7 Å². The minimum absolute atomic E-state index is 0.441. The van der Waals surface area contributed by atoms with Gasteiger partial charge in [0.15, 0.2) is 5.82 Å². The molecule has 0 unspecified atom stereocenters. The molecular weight excluding hydrogens is 366 g/mol. The van der Waals surface area contributed by atoms with Gasteiger partial charge in [-0.15, -0.1) is 5.10 Å². The van der Waals surface area contributed by atoms with Gasteiger partial charge < -0.3 is 20.1 Å². The Morgan fingerprint density at radius 3 is 2.56 bits per heavy atom. The fourth-order valence-electron chi connectivity index (χ4n) is 2.50. The van der Waals surface area contributed by atoms with Crippen molar-refractivity contribution in [3.8, 4) is 11.5 Å². The fraction of sp³-hybridized carbons (Fsp3) is 0.211. The van der Waals surface area contributed by atoms with Gasteiger partial charge in [0.1, 0.15) is 11.5 Å². The zero-order chi connectivity index (χ0) is 19.1. The maximum Gasteiger partial charge on any atom is 0.244 e. The summed E-state index contributed by atoms with van der Waals surface area (Å²) in [5.41, 5.74) is 1.90. The Bertz CT molecular complexity index is 893. The molecule has 0 aliphatic carbocycles. The molecule has 1 heterocycles. The van der Waals surface area contributed by atoms with E-state index in [4.69, 9.17) is 21.1 Å². The average Bonchev–Trinajstić information content (AvgIpc) is 2.70. The van der Waals surface area contributed by atoms with Gasteiger partial charge in [-0.3, -0.25) is 0 Å². The Hall–Kier alpha value is -3.06. The molecule has 2 aromatic carbocycles. The van der Waals surface area contributed by atoms with Crippen LogP contribution in [0.5, 0.6) is 11.5 Å². The Balaban J connectivity index is 1.69. The molecule has 0 radical (unpaired) electrons. The highest BCUT2D eigenvalue weighted by Crippen LogP contribution is 2.37. The van der Waals surface area contributed by atoms with Crippen LogP contribution in [0.1, 0.15) is 5.56 Å². The Kier molecular flexibility index (Phi) is 6.27. The minimum atomic E-state index is 0.441. The van der Waals surface area contributed by atoms with E-state index >= 15 is 0 Å². The molecule has 140 valence electrons. The highest BCUT2D eigenvalue weighted by atomic mass is 35.5. The van der Waals surface area contributed by atoms with E-state index in [1.165, 1.54) is 11.8 Å². The van der Waals surface area contributed by atoms with E-state index in [-0.39, 0.29) is 0 Å². The molecular formula is C19H20ClN5O2. The van der Waals surface area contributed by atoms with Gasteiger partial charge in [-0.25, -0.2) is 0 Å². The lowest BCUT2D eigenvalue weighted by Crippen LogP contribution is -2.09. The molecule has 0 atom stereocenters. The summed E-state index contributed by atoms with van der Waals surface area (Å²) in [7, 11) is 3.12. The van der Waals surface area contributed by atoms with Crippen molar-refractivity contribution in [1.82, 2.24) is 15.2 Å². The topological polar surface area (TPSA) is 81.2 Å². The predicted octanol–water partition coefficient (Wildman–Crippen LogP) is 3.94. The Morgan fingerprint density at radius 2 is 1.81 bits per heavy atom. The van der Waals surface area contributed by atoms with E-state index in [0.29, 0.717) is 40.5 Å². The number of anilines is 3. The van der Waals surface area contributed by atoms with Crippen molar-refractivity contribution < 1.29 is 9.47 Å². The normalized spacial score (nSPS) is 10.3. The van der Waals surface area contributed by atoms with Gasteiger partial charge in [0.2, 0.25) is 5.95 Å². The van der Waals surface area contributed by atoms with E-state index in [2.05, 4.69) is 37.9 Å². The third kappa shape index (κ3) is 4.98. The largest absolute Gasteiger partial charge is 0.495 e. The van der Waals surface area contributed by atoms with Crippen LogP contribution in [0.4, 0.5) is 17.5 Å². The SMILES string of the molecule is COc1cc(Nc2cnnc(NCCc3ccccc3)n2)c(OC)cc1Cl. The number of nitrogens with one attached hydrogen (secondary N) is 2. The summed E-state index contributed by atoms with van der Waals surface area (Å²) in [5, 5.41) is 14.8. The van der Waals surface area contributed by atoms with Gasteiger partial charge in [0.25, 0.3) is 0 Å². The molecule has 0 bridgehead atoms. The van der Waals surface area contributed by atoms with Gasteiger partial charge in [0, 0.05) is 18.7 Å². The van der Waals surface area contributed by atoms with Gasteiger partial charge in [-0.1, -0.05) is 41.9 Å². The quantitative estimate of drug-likeness (QED) is 0.607. The van der Waals surface area contributed by atoms with Crippen molar-refractivity contribution in [3.05, 3.63) is 59.2 Å². The Labute approximate surface area is 162 Å². The minimum Gasteiger partial charge on any atom is -0.495 e. The second-order valence-electron chi connectivity index (χ2n) is 5.64. The number of benzene rings is 2. The highest BCUT2D eigenvalue weighted by Gasteiger charge is 2.11. The van der Waals surface area contributed by atoms with E-state index in [9.17, 15) is 0 Å². The fourth-order valence-corrected chi connectivity index (χ4v) is 2.73. The highest BCUT2D eigenvalue weighted by molar-refractivity contribution is 6.32. The lowest BCUT2D eigenvalue weighted by atomic mass is 10.1. The van der Waals surface area contributed by atoms with E-state index in [1.54, 1.807) is 26.4 Å². The van der Waals surface area contributed by atoms with Crippen molar-refractivity contribution in [2.24, 2.45) is 0 Å². The molecule has 0 aliphatic rings. The number of nitrogens with zero attached hydrogens (tertiary/aromatic N) is 3. The first-order chi connectivity index (χ1) is 13.2. The van der Waals surface area contributed by atoms with Gasteiger partial charge in [0.05, 0.1) is 31.1 Å². The molecule has 7 nitrogen and oxygen atoms in total. The lowest BCUT2D eigenvalue weighted by molar-refractivity contribution is 0.405. The van der Waals surface area contributed by atoms with E-state index in [1.807, 2.05) is 18.2 Å². The van der Waals surface area contributed by atoms with E-state index < -0.39 is 0 Å². The first kappa shape index (κ1) is 18.7. The van der Waals surface area contributed by atoms with Gasteiger partial charge in [-0.2, -0.15) is 10.1 Å². The van der Waals surface area contributed by atoms with Crippen molar-refractivity contribution >= 4 is 29.1 Å². The molecule has 27 heavy (non-hydrogen) atoms. The van der Waals surface area contributed by atoms with Crippen LogP contribution in [-0.2, 0) is 6.42 Å². The maximum absolute atomic E-state index is 6.14. The first-order valence-electron chi connectivity index (χ1n) is 8.35. The smallest absolute Gasteiger partial charge is 0.244 e. The average molecular weight is 386 g/mol. The summed E-state index contributed by atoms with van der Waals surface area (Å²) in [5.74, 6) is 2.06. The van der Waals surface area contributed by atoms with Crippen LogP contribution < -0.4 is 20.1 Å². The second-order valence-corrected chi connectivity index (χ2v) is 6.05. The van der Waals surface area contributed by atoms with Crippen LogP contribution in [0.2, 0.25) is 5.02 Å². The molecule has 1 aromatic heterocycles.